The van der Waals surface area contributed by atoms with Gasteiger partial charge in [0.15, 0.2) is 0 Å². The van der Waals surface area contributed by atoms with Gasteiger partial charge in [-0.15, -0.1) is 0 Å². The Kier molecular flexibility index (Phi) is 7.89. The Morgan fingerprint density at radius 3 is 1.94 bits per heavy atom. The number of rotatable bonds is 10. The molecule has 3 rings (SSSR count). The Hall–Kier alpha value is -2.62. The van der Waals surface area contributed by atoms with E-state index in [9.17, 15) is 5.11 Å². The van der Waals surface area contributed by atoms with Crippen molar-refractivity contribution in [2.75, 3.05) is 27.2 Å². The Bertz CT molecular complexity index is 919. The van der Waals surface area contributed by atoms with Crippen LogP contribution in [0.2, 0.25) is 0 Å². The van der Waals surface area contributed by atoms with Crippen molar-refractivity contribution in [3.63, 3.8) is 0 Å². The van der Waals surface area contributed by atoms with Crippen molar-refractivity contribution in [3.8, 4) is 5.75 Å². The first-order chi connectivity index (χ1) is 15.0. The topological polar surface area (TPSA) is 32.7 Å². The number of nitrogens with zero attached hydrogens (tertiary/aromatic N) is 1. The van der Waals surface area contributed by atoms with Crippen molar-refractivity contribution in [2.45, 2.75) is 38.2 Å². The number of benzene rings is 3. The van der Waals surface area contributed by atoms with Gasteiger partial charge >= 0.3 is 0 Å². The summed E-state index contributed by atoms with van der Waals surface area (Å²) in [5.41, 5.74) is 3.07. The molecule has 0 heterocycles. The van der Waals surface area contributed by atoms with E-state index in [0.717, 1.165) is 41.8 Å². The zero-order chi connectivity index (χ0) is 22.3. The molecule has 0 radical (unpaired) electrons. The van der Waals surface area contributed by atoms with Crippen LogP contribution in [0.5, 0.6) is 5.75 Å². The van der Waals surface area contributed by atoms with Crippen molar-refractivity contribution in [3.05, 3.63) is 101 Å². The van der Waals surface area contributed by atoms with Crippen molar-refractivity contribution >= 4 is 0 Å². The number of aryl methyl sites for hydroxylation is 1. The lowest BCUT2D eigenvalue weighted by atomic mass is 9.71. The molecule has 0 saturated heterocycles. The quantitative estimate of drug-likeness (QED) is 0.465. The molecule has 0 saturated carbocycles. The highest BCUT2D eigenvalue weighted by molar-refractivity contribution is 5.44. The summed E-state index contributed by atoms with van der Waals surface area (Å²) < 4.78 is 5.87. The van der Waals surface area contributed by atoms with E-state index in [2.05, 4.69) is 55.1 Å². The molecule has 3 nitrogen and oxygen atoms in total. The fraction of sp³-hybridized carbons (Fsp3) is 0.357. The number of ether oxygens (including phenoxy) is 1. The summed E-state index contributed by atoms with van der Waals surface area (Å²) in [6.45, 7) is 5.79. The highest BCUT2D eigenvalue weighted by Crippen LogP contribution is 2.44. The van der Waals surface area contributed by atoms with Crippen LogP contribution in [0.1, 0.15) is 48.4 Å². The monoisotopic (exact) mass is 417 g/mol. The molecule has 0 amide bonds. The van der Waals surface area contributed by atoms with Crippen LogP contribution in [0.4, 0.5) is 0 Å². The van der Waals surface area contributed by atoms with E-state index in [1.165, 1.54) is 5.56 Å². The first-order valence-corrected chi connectivity index (χ1v) is 11.2. The first-order valence-electron chi connectivity index (χ1n) is 11.2. The minimum Gasteiger partial charge on any atom is -0.492 e. The van der Waals surface area contributed by atoms with Crippen LogP contribution in [-0.4, -0.2) is 37.3 Å². The molecule has 164 valence electrons. The zero-order valence-electron chi connectivity index (χ0n) is 19.2. The second-order valence-electron chi connectivity index (χ2n) is 8.36. The van der Waals surface area contributed by atoms with Crippen LogP contribution in [0.3, 0.4) is 0 Å². The van der Waals surface area contributed by atoms with Gasteiger partial charge in [-0.05, 0) is 61.3 Å². The van der Waals surface area contributed by atoms with Crippen molar-refractivity contribution in [1.29, 1.82) is 0 Å². The normalized spacial score (nSPS) is 14.3. The molecule has 1 N–H and O–H groups in total. The van der Waals surface area contributed by atoms with Crippen LogP contribution in [-0.2, 0) is 12.0 Å². The predicted octanol–water partition coefficient (Wildman–Crippen LogP) is 5.62. The van der Waals surface area contributed by atoms with E-state index >= 15 is 0 Å². The second-order valence-corrected chi connectivity index (χ2v) is 8.36. The summed E-state index contributed by atoms with van der Waals surface area (Å²) >= 11 is 0. The van der Waals surface area contributed by atoms with Gasteiger partial charge in [0.2, 0.25) is 0 Å². The third-order valence-corrected chi connectivity index (χ3v) is 6.02. The molecule has 3 aromatic rings. The maximum absolute atomic E-state index is 12.3. The van der Waals surface area contributed by atoms with Crippen LogP contribution >= 0.6 is 0 Å². The van der Waals surface area contributed by atoms with E-state index in [4.69, 9.17) is 4.74 Å². The van der Waals surface area contributed by atoms with Crippen LogP contribution in [0.15, 0.2) is 78.9 Å². The molecular weight excluding hydrogens is 382 g/mol. The first kappa shape index (κ1) is 23.1. The van der Waals surface area contributed by atoms with Crippen LogP contribution in [0, 0.1) is 0 Å². The SMILES string of the molecule is CCc1ccc(C(O)(c2ccc(OCCN(C)C)cc2)C(CC)c2ccccc2)cc1. The standard InChI is InChI=1S/C28H35NO2/c1-5-22-12-14-24(15-13-22)28(30,27(6-2)23-10-8-7-9-11-23)25-16-18-26(19-17-25)31-21-20-29(3)4/h7-19,27,30H,5-6,20-21H2,1-4H3. The third kappa shape index (κ3) is 5.36. The van der Waals surface area contributed by atoms with Gasteiger partial charge in [0.25, 0.3) is 0 Å². The van der Waals surface area contributed by atoms with E-state index in [1.54, 1.807) is 0 Å². The second kappa shape index (κ2) is 10.6. The van der Waals surface area contributed by atoms with Gasteiger partial charge in [0, 0.05) is 12.5 Å². The molecule has 3 aromatic carbocycles. The Balaban J connectivity index is 2.01. The van der Waals surface area contributed by atoms with Crippen LogP contribution in [0.25, 0.3) is 0 Å². The van der Waals surface area contributed by atoms with E-state index < -0.39 is 5.60 Å². The molecule has 0 bridgehead atoms. The highest BCUT2D eigenvalue weighted by atomic mass is 16.5. The van der Waals surface area contributed by atoms with Gasteiger partial charge < -0.3 is 14.7 Å². The molecular formula is C28H35NO2. The largest absolute Gasteiger partial charge is 0.492 e. The Morgan fingerprint density at radius 1 is 0.839 bits per heavy atom. The van der Waals surface area contributed by atoms with Gasteiger partial charge in [-0.3, -0.25) is 0 Å². The van der Waals surface area contributed by atoms with E-state index in [0.29, 0.717) is 6.61 Å². The lowest BCUT2D eigenvalue weighted by molar-refractivity contribution is 0.0476. The molecule has 0 aliphatic rings. The fourth-order valence-corrected chi connectivity index (χ4v) is 4.17. The van der Waals surface area contributed by atoms with Crippen molar-refractivity contribution in [1.82, 2.24) is 4.90 Å². The summed E-state index contributed by atoms with van der Waals surface area (Å²) in [5.74, 6) is 0.753. The average molecular weight is 418 g/mol. The summed E-state index contributed by atoms with van der Waals surface area (Å²) in [5, 5.41) is 12.3. The number of hydrogen-bond donors (Lipinski definition) is 1. The fourth-order valence-electron chi connectivity index (χ4n) is 4.17. The van der Waals surface area contributed by atoms with Gasteiger partial charge in [-0.2, -0.15) is 0 Å². The molecule has 0 fully saturated rings. The lowest BCUT2D eigenvalue weighted by Gasteiger charge is -2.37. The molecule has 0 aromatic heterocycles. The molecule has 31 heavy (non-hydrogen) atoms. The lowest BCUT2D eigenvalue weighted by Crippen LogP contribution is -2.35. The molecule has 2 unspecified atom stereocenters. The number of likely N-dealkylation sites (N-methyl/N-ethyl adjacent to an activating group) is 1. The zero-order valence-corrected chi connectivity index (χ0v) is 19.2. The minimum atomic E-state index is -1.13. The van der Waals surface area contributed by atoms with Gasteiger partial charge in [0.1, 0.15) is 18.0 Å². The smallest absolute Gasteiger partial charge is 0.121 e. The van der Waals surface area contributed by atoms with Gasteiger partial charge in [0.05, 0.1) is 0 Å². The highest BCUT2D eigenvalue weighted by Gasteiger charge is 2.40. The minimum absolute atomic E-state index is 0.0679. The Labute approximate surface area is 187 Å². The summed E-state index contributed by atoms with van der Waals surface area (Å²) in [6.07, 6.45) is 1.80. The average Bonchev–Trinajstić information content (AvgIpc) is 2.80. The van der Waals surface area contributed by atoms with Gasteiger partial charge in [-0.1, -0.05) is 80.6 Å². The summed E-state index contributed by atoms with van der Waals surface area (Å²) in [7, 11) is 4.07. The Morgan fingerprint density at radius 2 is 1.42 bits per heavy atom. The molecule has 0 aliphatic carbocycles. The van der Waals surface area contributed by atoms with Crippen molar-refractivity contribution < 1.29 is 9.84 Å². The maximum atomic E-state index is 12.3. The van der Waals surface area contributed by atoms with E-state index in [-0.39, 0.29) is 5.92 Å². The van der Waals surface area contributed by atoms with E-state index in [1.807, 2.05) is 56.6 Å². The summed E-state index contributed by atoms with van der Waals surface area (Å²) in [6, 6.07) is 26.7. The maximum Gasteiger partial charge on any atom is 0.121 e. The van der Waals surface area contributed by atoms with Crippen LogP contribution < -0.4 is 4.74 Å². The number of hydrogen-bond acceptors (Lipinski definition) is 3. The third-order valence-electron chi connectivity index (χ3n) is 6.02. The molecule has 0 spiro atoms. The molecule has 0 aliphatic heterocycles. The molecule has 3 heteroatoms. The number of aliphatic hydroxyl groups is 1. The van der Waals surface area contributed by atoms with Crippen molar-refractivity contribution in [2.24, 2.45) is 0 Å². The predicted molar refractivity (Wildman–Crippen MR) is 129 cm³/mol. The van der Waals surface area contributed by atoms with Gasteiger partial charge in [-0.25, -0.2) is 0 Å². The summed E-state index contributed by atoms with van der Waals surface area (Å²) in [4.78, 5) is 2.10. The molecule has 2 atom stereocenters.